The summed E-state index contributed by atoms with van der Waals surface area (Å²) >= 11 is 5.70. The van der Waals surface area contributed by atoms with E-state index in [4.69, 9.17) is 31.9 Å². The van der Waals surface area contributed by atoms with E-state index in [1.807, 2.05) is 0 Å². The number of alkyl halides is 1. The molecular formula is C11H14ClFN3O6P. The number of nitrogen functional groups attached to an aromatic ring is 1. The molecular weight excluding hydrogens is 356 g/mol. The monoisotopic (exact) mass is 369 g/mol. The maximum Gasteiger partial charge on any atom is 0.384 e. The van der Waals surface area contributed by atoms with E-state index in [0.29, 0.717) is 6.08 Å². The first-order chi connectivity index (χ1) is 10.6. The third kappa shape index (κ3) is 3.63. The number of ether oxygens (including phenoxy) is 1. The van der Waals surface area contributed by atoms with Crippen molar-refractivity contribution in [1.29, 1.82) is 0 Å². The van der Waals surface area contributed by atoms with Crippen LogP contribution in [0.1, 0.15) is 12.6 Å². The van der Waals surface area contributed by atoms with Crippen molar-refractivity contribution < 1.29 is 28.6 Å². The normalized spacial score (nSPS) is 29.0. The van der Waals surface area contributed by atoms with Crippen molar-refractivity contribution in [2.75, 3.05) is 11.6 Å². The average Bonchev–Trinajstić information content (AvgIpc) is 2.75. The first-order valence-corrected chi connectivity index (χ1v) is 8.45. The molecule has 1 aliphatic rings. The highest BCUT2D eigenvalue weighted by Gasteiger charge is 2.48. The molecule has 1 aromatic heterocycles. The minimum Gasteiger partial charge on any atom is -0.390 e. The van der Waals surface area contributed by atoms with Gasteiger partial charge in [0.15, 0.2) is 0 Å². The second-order valence-electron chi connectivity index (χ2n) is 4.97. The van der Waals surface area contributed by atoms with Crippen LogP contribution in [0.2, 0.25) is 0 Å². The van der Waals surface area contributed by atoms with Crippen LogP contribution in [0.25, 0.3) is 0 Å². The summed E-state index contributed by atoms with van der Waals surface area (Å²) in [5, 5.41) is 10.1. The maximum atomic E-state index is 13.6. The third-order valence-corrected chi connectivity index (χ3v) is 4.46. The highest BCUT2D eigenvalue weighted by Crippen LogP contribution is 2.49. The summed E-state index contributed by atoms with van der Waals surface area (Å²) in [6.45, 7) is 0. The molecule has 0 unspecified atom stereocenters. The Kier molecular flexibility index (Phi) is 4.95. The van der Waals surface area contributed by atoms with E-state index in [1.165, 1.54) is 12.3 Å². The highest BCUT2D eigenvalue weighted by atomic mass is 35.5. The third-order valence-electron chi connectivity index (χ3n) is 3.36. The van der Waals surface area contributed by atoms with Gasteiger partial charge in [0.2, 0.25) is 5.57 Å². The van der Waals surface area contributed by atoms with Gasteiger partial charge in [0, 0.05) is 12.6 Å². The molecule has 1 aromatic rings. The molecule has 23 heavy (non-hydrogen) atoms. The Bertz CT molecular complexity index is 737. The van der Waals surface area contributed by atoms with Gasteiger partial charge in [0.1, 0.15) is 17.6 Å². The molecule has 1 saturated heterocycles. The van der Waals surface area contributed by atoms with Gasteiger partial charge in [-0.05, 0) is 12.1 Å². The van der Waals surface area contributed by atoms with Crippen LogP contribution >= 0.6 is 19.2 Å². The second-order valence-corrected chi connectivity index (χ2v) is 6.75. The number of aliphatic hydroxyl groups is 1. The van der Waals surface area contributed by atoms with Crippen molar-refractivity contribution in [3.05, 3.63) is 34.4 Å². The average molecular weight is 370 g/mol. The van der Waals surface area contributed by atoms with Crippen LogP contribution in [-0.4, -0.2) is 42.0 Å². The second kappa shape index (κ2) is 6.31. The van der Waals surface area contributed by atoms with E-state index in [1.54, 1.807) is 0 Å². The van der Waals surface area contributed by atoms with Crippen molar-refractivity contribution in [3.8, 4) is 0 Å². The van der Waals surface area contributed by atoms with Crippen LogP contribution in [0.5, 0.6) is 0 Å². The molecule has 0 spiro atoms. The number of nitrogens with zero attached hydrogens (tertiary/aromatic N) is 2. The Morgan fingerprint density at radius 1 is 1.70 bits per heavy atom. The van der Waals surface area contributed by atoms with Crippen LogP contribution in [0.3, 0.4) is 0 Å². The molecule has 3 atom stereocenters. The molecule has 0 amide bonds. The van der Waals surface area contributed by atoms with Crippen LogP contribution in [0.15, 0.2) is 28.7 Å². The predicted octanol–water partition coefficient (Wildman–Crippen LogP) is 0.0715. The molecule has 1 fully saturated rings. The maximum absolute atomic E-state index is 13.6. The molecule has 2 heterocycles. The van der Waals surface area contributed by atoms with E-state index in [0.717, 1.165) is 4.57 Å². The van der Waals surface area contributed by atoms with Gasteiger partial charge < -0.3 is 25.4 Å². The number of hydrogen-bond acceptors (Lipinski definition) is 6. The lowest BCUT2D eigenvalue weighted by Crippen LogP contribution is -2.39. The Morgan fingerprint density at radius 3 is 2.87 bits per heavy atom. The first-order valence-electron chi connectivity index (χ1n) is 6.30. The van der Waals surface area contributed by atoms with Crippen LogP contribution < -0.4 is 11.4 Å². The zero-order valence-corrected chi connectivity index (χ0v) is 13.2. The zero-order chi connectivity index (χ0) is 17.4. The van der Waals surface area contributed by atoms with Gasteiger partial charge in [-0.2, -0.15) is 9.37 Å². The summed E-state index contributed by atoms with van der Waals surface area (Å²) in [5.41, 5.74) is 0.940. The summed E-state index contributed by atoms with van der Waals surface area (Å²) in [4.78, 5) is 32.9. The van der Waals surface area contributed by atoms with Gasteiger partial charge in [-0.1, -0.05) is 0 Å². The van der Waals surface area contributed by atoms with Gasteiger partial charge in [-0.3, -0.25) is 9.13 Å². The lowest BCUT2D eigenvalue weighted by molar-refractivity contribution is -0.0590. The smallest absolute Gasteiger partial charge is 0.384 e. The van der Waals surface area contributed by atoms with Gasteiger partial charge in [0.25, 0.3) is 0 Å². The summed E-state index contributed by atoms with van der Waals surface area (Å²) < 4.78 is 30.9. The van der Waals surface area contributed by atoms with Crippen LogP contribution in [-0.2, 0) is 9.30 Å². The van der Waals surface area contributed by atoms with Gasteiger partial charge >= 0.3 is 13.3 Å². The molecule has 9 nitrogen and oxygen atoms in total. The van der Waals surface area contributed by atoms with Crippen molar-refractivity contribution in [2.24, 2.45) is 0 Å². The minimum atomic E-state index is -5.15. The summed E-state index contributed by atoms with van der Waals surface area (Å²) in [5.74, 6) is -0.504. The van der Waals surface area contributed by atoms with Gasteiger partial charge in [-0.15, -0.1) is 11.6 Å². The molecule has 0 aromatic carbocycles. The summed E-state index contributed by atoms with van der Waals surface area (Å²) in [7, 11) is -5.15. The van der Waals surface area contributed by atoms with E-state index in [9.17, 15) is 18.9 Å². The SMILES string of the molecule is Nc1ccn([C@H]2C[C@H](O)[C@](/C=C(\F)P(=O)(O)O)(CCl)O2)c(=O)n1. The van der Waals surface area contributed by atoms with Gasteiger partial charge in [-0.25, -0.2) is 4.79 Å². The number of anilines is 1. The standard InChI is InChI=1S/C11H14ClFN3O6P/c12-5-11(4-7(13)23(19,20)21)6(17)3-9(22-11)16-2-1-8(14)15-10(16)18/h1-2,4,6,9,17H,3,5H2,(H2,14,15,18)(H2,19,20,21)/b7-4+/t6-,9+,11-/m0/s1. The number of aliphatic hydroxyl groups excluding tert-OH is 1. The minimum absolute atomic E-state index is 0.0131. The Labute approximate surface area is 134 Å². The van der Waals surface area contributed by atoms with E-state index in [-0.39, 0.29) is 12.2 Å². The number of rotatable bonds is 4. The lowest BCUT2D eigenvalue weighted by Gasteiger charge is -2.26. The topological polar surface area (TPSA) is 148 Å². The molecule has 0 saturated carbocycles. The molecule has 0 bridgehead atoms. The quantitative estimate of drug-likeness (QED) is 0.430. The first kappa shape index (κ1) is 18.1. The number of halogens is 2. The Balaban J connectivity index is 2.38. The van der Waals surface area contributed by atoms with E-state index in [2.05, 4.69) is 4.98 Å². The van der Waals surface area contributed by atoms with Crippen LogP contribution in [0.4, 0.5) is 10.2 Å². The zero-order valence-electron chi connectivity index (χ0n) is 11.5. The summed E-state index contributed by atoms with van der Waals surface area (Å²) in [6, 6.07) is 1.32. The fraction of sp³-hybridized carbons (Fsp3) is 0.455. The molecule has 2 rings (SSSR count). The fourth-order valence-electron chi connectivity index (χ4n) is 2.16. The van der Waals surface area contributed by atoms with Crippen molar-refractivity contribution >= 4 is 25.0 Å². The van der Waals surface area contributed by atoms with Gasteiger partial charge in [0.05, 0.1) is 12.0 Å². The predicted molar refractivity (Wildman–Crippen MR) is 78.3 cm³/mol. The number of nitrogens with two attached hydrogens (primary N) is 1. The number of hydrogen-bond donors (Lipinski definition) is 4. The summed E-state index contributed by atoms with van der Waals surface area (Å²) in [6.07, 6.45) is -0.892. The van der Waals surface area contributed by atoms with Crippen LogP contribution in [0, 0.1) is 0 Å². The van der Waals surface area contributed by atoms with E-state index < -0.39 is 42.7 Å². The lowest BCUT2D eigenvalue weighted by atomic mass is 9.99. The highest BCUT2D eigenvalue weighted by molar-refractivity contribution is 7.56. The molecule has 1 aliphatic heterocycles. The Hall–Kier alpha value is -1.29. The molecule has 128 valence electrons. The van der Waals surface area contributed by atoms with E-state index >= 15 is 0 Å². The molecule has 5 N–H and O–H groups in total. The van der Waals surface area contributed by atoms with Crippen molar-refractivity contribution in [2.45, 2.75) is 24.4 Å². The molecule has 12 heteroatoms. The largest absolute Gasteiger partial charge is 0.390 e. The number of aromatic nitrogens is 2. The molecule has 0 radical (unpaired) electrons. The molecule has 0 aliphatic carbocycles. The Morgan fingerprint density at radius 2 is 2.35 bits per heavy atom. The van der Waals surface area contributed by atoms with Crippen molar-refractivity contribution in [3.63, 3.8) is 0 Å². The fourth-order valence-corrected chi connectivity index (χ4v) is 2.87. The van der Waals surface area contributed by atoms with Crippen molar-refractivity contribution in [1.82, 2.24) is 9.55 Å².